The van der Waals surface area contributed by atoms with Gasteiger partial charge < -0.3 is 14.6 Å². The van der Waals surface area contributed by atoms with Crippen molar-refractivity contribution in [1.82, 2.24) is 10.5 Å². The van der Waals surface area contributed by atoms with Gasteiger partial charge in [-0.25, -0.2) is 0 Å². The molecule has 98 valence electrons. The first-order valence-corrected chi connectivity index (χ1v) is 5.93. The molecular formula is C14H15N3O2. The van der Waals surface area contributed by atoms with E-state index in [-0.39, 0.29) is 0 Å². The molecule has 0 saturated carbocycles. The topological polar surface area (TPSA) is 71.1 Å². The Morgan fingerprint density at radius 3 is 2.84 bits per heavy atom. The van der Waals surface area contributed by atoms with Crippen molar-refractivity contribution in [3.63, 3.8) is 0 Å². The third-order valence-corrected chi connectivity index (χ3v) is 2.70. The number of methoxy groups -OCH3 is 1. The van der Waals surface area contributed by atoms with Gasteiger partial charge in [0.05, 0.1) is 18.4 Å². The highest BCUT2D eigenvalue weighted by molar-refractivity contribution is 5.45. The summed E-state index contributed by atoms with van der Waals surface area (Å²) < 4.78 is 10.2. The number of nitrogens with one attached hydrogen (secondary N) is 1. The molecule has 5 nitrogen and oxygen atoms in total. The largest absolute Gasteiger partial charge is 0.495 e. The molecule has 19 heavy (non-hydrogen) atoms. The summed E-state index contributed by atoms with van der Waals surface area (Å²) in [6.45, 7) is 3.18. The second kappa shape index (κ2) is 6.03. The third-order valence-electron chi connectivity index (χ3n) is 2.70. The molecule has 0 aliphatic heterocycles. The first-order valence-electron chi connectivity index (χ1n) is 5.93. The molecule has 0 aliphatic carbocycles. The van der Waals surface area contributed by atoms with E-state index < -0.39 is 0 Å². The maximum absolute atomic E-state index is 8.90. The summed E-state index contributed by atoms with van der Waals surface area (Å²) in [5, 5.41) is 16.1. The Morgan fingerprint density at radius 2 is 2.21 bits per heavy atom. The second-order valence-electron chi connectivity index (χ2n) is 4.18. The predicted molar refractivity (Wildman–Crippen MR) is 69.5 cm³/mol. The summed E-state index contributed by atoms with van der Waals surface area (Å²) in [5.41, 5.74) is 2.47. The number of benzene rings is 1. The first kappa shape index (κ1) is 13.1. The molecule has 0 spiro atoms. The Morgan fingerprint density at radius 1 is 1.37 bits per heavy atom. The van der Waals surface area contributed by atoms with E-state index in [1.807, 2.05) is 25.1 Å². The van der Waals surface area contributed by atoms with Gasteiger partial charge in [-0.05, 0) is 24.6 Å². The highest BCUT2D eigenvalue weighted by Gasteiger charge is 2.04. The van der Waals surface area contributed by atoms with E-state index in [1.54, 1.807) is 13.2 Å². The average Bonchev–Trinajstić information content (AvgIpc) is 2.84. The second-order valence-corrected chi connectivity index (χ2v) is 4.18. The Balaban J connectivity index is 1.94. The van der Waals surface area contributed by atoms with Gasteiger partial charge in [-0.3, -0.25) is 0 Å². The van der Waals surface area contributed by atoms with Gasteiger partial charge >= 0.3 is 0 Å². The zero-order valence-corrected chi connectivity index (χ0v) is 10.9. The van der Waals surface area contributed by atoms with Crippen LogP contribution in [0, 0.1) is 18.3 Å². The van der Waals surface area contributed by atoms with Gasteiger partial charge in [0.1, 0.15) is 17.6 Å². The fourth-order valence-electron chi connectivity index (χ4n) is 1.77. The minimum absolute atomic E-state index is 0.540. The molecule has 1 N–H and O–H groups in total. The van der Waals surface area contributed by atoms with Crippen LogP contribution in [0.5, 0.6) is 5.75 Å². The van der Waals surface area contributed by atoms with Gasteiger partial charge in [-0.1, -0.05) is 11.2 Å². The lowest BCUT2D eigenvalue weighted by atomic mass is 10.1. The zero-order chi connectivity index (χ0) is 13.7. The van der Waals surface area contributed by atoms with Crippen molar-refractivity contribution in [1.29, 1.82) is 5.26 Å². The van der Waals surface area contributed by atoms with Crippen LogP contribution < -0.4 is 10.1 Å². The number of ether oxygens (including phenoxy) is 1. The molecule has 0 unspecified atom stereocenters. The number of nitrogens with zero attached hydrogens (tertiary/aromatic N) is 2. The molecule has 2 aromatic rings. The van der Waals surface area contributed by atoms with E-state index in [4.69, 9.17) is 14.5 Å². The molecular weight excluding hydrogens is 242 g/mol. The molecule has 0 fully saturated rings. The van der Waals surface area contributed by atoms with E-state index in [0.717, 1.165) is 17.0 Å². The standard InChI is InChI=1S/C14H15N3O2/c1-10-5-13(17-19-10)9-16-8-11-3-4-12(7-15)14(6-11)18-2/h3-6,16H,8-9H2,1-2H3. The molecule has 0 bridgehead atoms. The van der Waals surface area contributed by atoms with Gasteiger partial charge in [0.15, 0.2) is 0 Å². The van der Waals surface area contributed by atoms with Gasteiger partial charge in [0.25, 0.3) is 0 Å². The highest BCUT2D eigenvalue weighted by atomic mass is 16.5. The van der Waals surface area contributed by atoms with Crippen molar-refractivity contribution in [3.05, 3.63) is 46.8 Å². The highest BCUT2D eigenvalue weighted by Crippen LogP contribution is 2.19. The van der Waals surface area contributed by atoms with Crippen LogP contribution in [-0.4, -0.2) is 12.3 Å². The van der Waals surface area contributed by atoms with E-state index in [9.17, 15) is 0 Å². The minimum atomic E-state index is 0.540. The first-order chi connectivity index (χ1) is 9.22. The van der Waals surface area contributed by atoms with Crippen molar-refractivity contribution in [2.24, 2.45) is 0 Å². The number of rotatable bonds is 5. The van der Waals surface area contributed by atoms with Crippen LogP contribution in [-0.2, 0) is 13.1 Å². The van der Waals surface area contributed by atoms with Crippen molar-refractivity contribution in [3.8, 4) is 11.8 Å². The number of aromatic nitrogens is 1. The smallest absolute Gasteiger partial charge is 0.136 e. The van der Waals surface area contributed by atoms with Crippen LogP contribution in [0.2, 0.25) is 0 Å². The molecule has 0 saturated heterocycles. The fourth-order valence-corrected chi connectivity index (χ4v) is 1.77. The average molecular weight is 257 g/mol. The summed E-state index contributed by atoms with van der Waals surface area (Å²) in [5.74, 6) is 1.40. The molecule has 1 aromatic carbocycles. The molecule has 1 heterocycles. The van der Waals surface area contributed by atoms with Crippen LogP contribution in [0.25, 0.3) is 0 Å². The maximum Gasteiger partial charge on any atom is 0.136 e. The van der Waals surface area contributed by atoms with Crippen LogP contribution in [0.3, 0.4) is 0 Å². The summed E-state index contributed by atoms with van der Waals surface area (Å²) in [6.07, 6.45) is 0. The van der Waals surface area contributed by atoms with Crippen LogP contribution >= 0.6 is 0 Å². The zero-order valence-electron chi connectivity index (χ0n) is 10.9. The van der Waals surface area contributed by atoms with Crippen LogP contribution in [0.15, 0.2) is 28.8 Å². The van der Waals surface area contributed by atoms with Crippen molar-refractivity contribution in [2.75, 3.05) is 7.11 Å². The quantitative estimate of drug-likeness (QED) is 0.888. The Labute approximate surface area is 111 Å². The van der Waals surface area contributed by atoms with E-state index in [0.29, 0.717) is 24.4 Å². The van der Waals surface area contributed by atoms with E-state index >= 15 is 0 Å². The lowest BCUT2D eigenvalue weighted by Gasteiger charge is -2.07. The number of hydrogen-bond donors (Lipinski definition) is 1. The van der Waals surface area contributed by atoms with Gasteiger partial charge in [0.2, 0.25) is 0 Å². The van der Waals surface area contributed by atoms with Crippen LogP contribution in [0.4, 0.5) is 0 Å². The number of hydrogen-bond acceptors (Lipinski definition) is 5. The predicted octanol–water partition coefficient (Wildman–Crippen LogP) is 2.15. The Kier molecular flexibility index (Phi) is 4.16. The SMILES string of the molecule is COc1cc(CNCc2cc(C)on2)ccc1C#N. The summed E-state index contributed by atoms with van der Waals surface area (Å²) in [4.78, 5) is 0. The number of nitriles is 1. The van der Waals surface area contributed by atoms with Crippen molar-refractivity contribution >= 4 is 0 Å². The summed E-state index contributed by atoms with van der Waals surface area (Å²) >= 11 is 0. The fraction of sp³-hybridized carbons (Fsp3) is 0.286. The van der Waals surface area contributed by atoms with Crippen molar-refractivity contribution < 1.29 is 9.26 Å². The monoisotopic (exact) mass is 257 g/mol. The third kappa shape index (κ3) is 3.33. The minimum Gasteiger partial charge on any atom is -0.495 e. The van der Waals surface area contributed by atoms with Crippen molar-refractivity contribution in [2.45, 2.75) is 20.0 Å². The van der Waals surface area contributed by atoms with E-state index in [1.165, 1.54) is 0 Å². The normalized spacial score (nSPS) is 10.2. The molecule has 5 heteroatoms. The summed E-state index contributed by atoms with van der Waals surface area (Å²) in [7, 11) is 1.56. The molecule has 0 aliphatic rings. The molecule has 2 rings (SSSR count). The summed E-state index contributed by atoms with van der Waals surface area (Å²) in [6, 6.07) is 9.51. The number of aryl methyl sites for hydroxylation is 1. The van der Waals surface area contributed by atoms with Gasteiger partial charge in [-0.2, -0.15) is 5.26 Å². The molecule has 0 atom stereocenters. The Bertz CT molecular complexity index is 599. The van der Waals surface area contributed by atoms with Crippen LogP contribution in [0.1, 0.15) is 22.6 Å². The lowest BCUT2D eigenvalue weighted by molar-refractivity contribution is 0.388. The van der Waals surface area contributed by atoms with E-state index in [2.05, 4.69) is 16.5 Å². The Hall–Kier alpha value is -2.32. The van der Waals surface area contributed by atoms with Gasteiger partial charge in [-0.15, -0.1) is 0 Å². The lowest BCUT2D eigenvalue weighted by Crippen LogP contribution is -2.13. The van der Waals surface area contributed by atoms with Gasteiger partial charge in [0, 0.05) is 19.2 Å². The molecule has 1 aromatic heterocycles. The molecule has 0 amide bonds. The maximum atomic E-state index is 8.90. The molecule has 0 radical (unpaired) electrons.